The molecule has 0 aromatic heterocycles. The van der Waals surface area contributed by atoms with Crippen LogP contribution in [0.25, 0.3) is 0 Å². The molecule has 2 aliphatic carbocycles. The fourth-order valence-electron chi connectivity index (χ4n) is 5.33. The molecule has 0 radical (unpaired) electrons. The minimum atomic E-state index is -0.333. The van der Waals surface area contributed by atoms with E-state index in [1.165, 1.54) is 32.1 Å². The van der Waals surface area contributed by atoms with Crippen LogP contribution in [-0.4, -0.2) is 61.9 Å². The number of aliphatic hydroxyl groups is 1. The Balaban J connectivity index is 1.42. The summed E-state index contributed by atoms with van der Waals surface area (Å²) in [5.41, 5.74) is -0.238. The van der Waals surface area contributed by atoms with Gasteiger partial charge in [-0.25, -0.2) is 0 Å². The van der Waals surface area contributed by atoms with Crippen molar-refractivity contribution in [1.29, 1.82) is 0 Å². The van der Waals surface area contributed by atoms with Crippen LogP contribution in [0, 0.1) is 10.8 Å². The Hall–Kier alpha value is -0.650. The molecule has 144 valence electrons. The number of carbonyl (C=O) groups is 1. The van der Waals surface area contributed by atoms with E-state index in [1.807, 2.05) is 0 Å². The standard InChI is InChI=1S/C20H36N2O3/c1-22(17-6-3-2-4-7-17)12-5-11-21-18(24)20(8-13-23)16-19(20)9-14-25-15-10-19/h17,23H,2-16H2,1H3,(H,21,24). The van der Waals surface area contributed by atoms with E-state index in [4.69, 9.17) is 4.74 Å². The first-order chi connectivity index (χ1) is 12.1. The molecule has 1 spiro atoms. The van der Waals surface area contributed by atoms with Crippen molar-refractivity contribution in [3.05, 3.63) is 0 Å². The van der Waals surface area contributed by atoms with Crippen LogP contribution in [0.4, 0.5) is 0 Å². The summed E-state index contributed by atoms with van der Waals surface area (Å²) >= 11 is 0. The third-order valence-corrected chi connectivity index (χ3v) is 7.12. The van der Waals surface area contributed by atoms with E-state index in [1.54, 1.807) is 0 Å². The van der Waals surface area contributed by atoms with Crippen molar-refractivity contribution in [1.82, 2.24) is 10.2 Å². The molecular formula is C20H36N2O3. The van der Waals surface area contributed by atoms with E-state index in [2.05, 4.69) is 17.3 Å². The van der Waals surface area contributed by atoms with Crippen LogP contribution < -0.4 is 5.32 Å². The minimum absolute atomic E-state index is 0.0942. The molecule has 1 amide bonds. The number of amides is 1. The van der Waals surface area contributed by atoms with Gasteiger partial charge in [-0.3, -0.25) is 4.79 Å². The molecule has 1 atom stereocenters. The number of aliphatic hydroxyl groups excluding tert-OH is 1. The van der Waals surface area contributed by atoms with Gasteiger partial charge < -0.3 is 20.1 Å². The summed E-state index contributed by atoms with van der Waals surface area (Å²) in [6.45, 7) is 3.41. The number of rotatable bonds is 8. The molecule has 0 aromatic rings. The fraction of sp³-hybridized carbons (Fsp3) is 0.950. The highest BCUT2D eigenvalue weighted by molar-refractivity contribution is 5.87. The van der Waals surface area contributed by atoms with E-state index >= 15 is 0 Å². The molecule has 3 rings (SSSR count). The van der Waals surface area contributed by atoms with Crippen molar-refractivity contribution in [2.75, 3.05) is 40.0 Å². The molecule has 1 aliphatic heterocycles. The van der Waals surface area contributed by atoms with Crippen molar-refractivity contribution >= 4 is 5.91 Å². The van der Waals surface area contributed by atoms with Crippen LogP contribution in [0.15, 0.2) is 0 Å². The third kappa shape index (κ3) is 4.04. The van der Waals surface area contributed by atoms with Crippen LogP contribution in [0.3, 0.4) is 0 Å². The lowest BCUT2D eigenvalue weighted by Gasteiger charge is -2.31. The molecule has 5 nitrogen and oxygen atoms in total. The zero-order valence-corrected chi connectivity index (χ0v) is 15.9. The fourth-order valence-corrected chi connectivity index (χ4v) is 5.33. The average Bonchev–Trinajstić information content (AvgIpc) is 3.26. The predicted octanol–water partition coefficient (Wildman–Crippen LogP) is 2.33. The second kappa shape index (κ2) is 8.36. The van der Waals surface area contributed by atoms with E-state index < -0.39 is 0 Å². The Kier molecular flexibility index (Phi) is 6.39. The normalized spacial score (nSPS) is 29.1. The summed E-state index contributed by atoms with van der Waals surface area (Å²) in [6.07, 6.45) is 11.2. The molecule has 0 aromatic carbocycles. The lowest BCUT2D eigenvalue weighted by molar-refractivity contribution is -0.129. The molecule has 5 heteroatoms. The molecule has 1 unspecified atom stereocenters. The van der Waals surface area contributed by atoms with Gasteiger partial charge >= 0.3 is 0 Å². The van der Waals surface area contributed by atoms with Crippen molar-refractivity contribution in [2.24, 2.45) is 10.8 Å². The van der Waals surface area contributed by atoms with Crippen molar-refractivity contribution in [3.63, 3.8) is 0 Å². The molecule has 0 bridgehead atoms. The summed E-state index contributed by atoms with van der Waals surface area (Å²) in [5.74, 6) is 0.170. The maximum Gasteiger partial charge on any atom is 0.226 e. The Morgan fingerprint density at radius 2 is 1.96 bits per heavy atom. The summed E-state index contributed by atoms with van der Waals surface area (Å²) in [5, 5.41) is 12.7. The highest BCUT2D eigenvalue weighted by atomic mass is 16.5. The van der Waals surface area contributed by atoms with Gasteiger partial charge in [0.15, 0.2) is 0 Å². The van der Waals surface area contributed by atoms with Crippen molar-refractivity contribution in [2.45, 2.75) is 70.3 Å². The lowest BCUT2D eigenvalue weighted by atomic mass is 9.83. The minimum Gasteiger partial charge on any atom is -0.396 e. The highest BCUT2D eigenvalue weighted by Crippen LogP contribution is 2.70. The molecule has 2 N–H and O–H groups in total. The summed E-state index contributed by atoms with van der Waals surface area (Å²) in [4.78, 5) is 15.3. The highest BCUT2D eigenvalue weighted by Gasteiger charge is 2.70. The summed E-state index contributed by atoms with van der Waals surface area (Å²) < 4.78 is 5.48. The van der Waals surface area contributed by atoms with Gasteiger partial charge in [0.1, 0.15) is 0 Å². The van der Waals surface area contributed by atoms with E-state index in [0.29, 0.717) is 6.42 Å². The monoisotopic (exact) mass is 352 g/mol. The smallest absolute Gasteiger partial charge is 0.226 e. The first-order valence-corrected chi connectivity index (χ1v) is 10.3. The Bertz CT molecular complexity index is 444. The first kappa shape index (κ1) is 19.1. The Morgan fingerprint density at radius 1 is 1.24 bits per heavy atom. The van der Waals surface area contributed by atoms with Crippen LogP contribution in [-0.2, 0) is 9.53 Å². The molecule has 3 fully saturated rings. The maximum atomic E-state index is 12.9. The van der Waals surface area contributed by atoms with E-state index in [9.17, 15) is 9.90 Å². The van der Waals surface area contributed by atoms with Crippen LogP contribution in [0.5, 0.6) is 0 Å². The predicted molar refractivity (Wildman–Crippen MR) is 98.4 cm³/mol. The third-order valence-electron chi connectivity index (χ3n) is 7.12. The second-order valence-electron chi connectivity index (χ2n) is 8.51. The van der Waals surface area contributed by atoms with Gasteiger partial charge in [-0.2, -0.15) is 0 Å². The number of carbonyl (C=O) groups excluding carboxylic acids is 1. The molecule has 1 heterocycles. The number of ether oxygens (including phenoxy) is 1. The SMILES string of the molecule is CN(CCCNC(=O)C1(CCO)CC12CCOCC2)C1CCCCC1. The van der Waals surface area contributed by atoms with Crippen LogP contribution in [0.2, 0.25) is 0 Å². The van der Waals surface area contributed by atoms with Gasteiger partial charge in [0.05, 0.1) is 5.41 Å². The largest absolute Gasteiger partial charge is 0.396 e. The number of hydrogen-bond acceptors (Lipinski definition) is 4. The van der Waals surface area contributed by atoms with Gasteiger partial charge in [-0.1, -0.05) is 19.3 Å². The maximum absolute atomic E-state index is 12.9. The van der Waals surface area contributed by atoms with Gasteiger partial charge in [-0.05, 0) is 64.0 Å². The quantitative estimate of drug-likeness (QED) is 0.658. The Labute approximate surface area is 152 Å². The van der Waals surface area contributed by atoms with E-state index in [0.717, 1.165) is 58.0 Å². The molecule has 1 saturated heterocycles. The summed E-state index contributed by atoms with van der Waals surface area (Å²) in [6, 6.07) is 0.735. The molecule has 2 saturated carbocycles. The summed E-state index contributed by atoms with van der Waals surface area (Å²) in [7, 11) is 2.23. The first-order valence-electron chi connectivity index (χ1n) is 10.3. The Morgan fingerprint density at radius 3 is 2.64 bits per heavy atom. The molecular weight excluding hydrogens is 316 g/mol. The average molecular weight is 353 g/mol. The van der Waals surface area contributed by atoms with Crippen LogP contribution >= 0.6 is 0 Å². The zero-order chi connectivity index (χ0) is 17.8. The topological polar surface area (TPSA) is 61.8 Å². The number of nitrogens with zero attached hydrogens (tertiary/aromatic N) is 1. The van der Waals surface area contributed by atoms with Gasteiger partial charge in [0.25, 0.3) is 0 Å². The van der Waals surface area contributed by atoms with Gasteiger partial charge in [-0.15, -0.1) is 0 Å². The molecule has 3 aliphatic rings. The van der Waals surface area contributed by atoms with Crippen molar-refractivity contribution in [3.8, 4) is 0 Å². The zero-order valence-electron chi connectivity index (χ0n) is 15.9. The van der Waals surface area contributed by atoms with Gasteiger partial charge in [0, 0.05) is 32.4 Å². The van der Waals surface area contributed by atoms with Crippen molar-refractivity contribution < 1.29 is 14.6 Å². The number of hydrogen-bond donors (Lipinski definition) is 2. The van der Waals surface area contributed by atoms with E-state index in [-0.39, 0.29) is 23.3 Å². The van der Waals surface area contributed by atoms with Crippen LogP contribution in [0.1, 0.15) is 64.2 Å². The van der Waals surface area contributed by atoms with Gasteiger partial charge in [0.2, 0.25) is 5.91 Å². The molecule has 25 heavy (non-hydrogen) atoms. The number of nitrogens with one attached hydrogen (secondary N) is 1. The second-order valence-corrected chi connectivity index (χ2v) is 8.51. The lowest BCUT2D eigenvalue weighted by Crippen LogP contribution is -2.40.